The summed E-state index contributed by atoms with van der Waals surface area (Å²) >= 11 is 5.53. The Bertz CT molecular complexity index is 602. The third-order valence-electron chi connectivity index (χ3n) is 2.49. The van der Waals surface area contributed by atoms with Crippen LogP contribution in [0.2, 0.25) is 0 Å². The molecule has 0 aliphatic carbocycles. The van der Waals surface area contributed by atoms with Crippen molar-refractivity contribution in [1.29, 1.82) is 0 Å². The molecule has 0 aromatic heterocycles. The van der Waals surface area contributed by atoms with Crippen molar-refractivity contribution >= 4 is 49.9 Å². The number of nitro benzene ring substituents is 1. The van der Waals surface area contributed by atoms with Crippen LogP contribution in [0.3, 0.4) is 0 Å². The monoisotopic (exact) mass is 432 g/mol. The van der Waals surface area contributed by atoms with Crippen molar-refractivity contribution < 1.29 is 4.92 Å². The number of nitrogens with one attached hydrogen (secondary N) is 1. The van der Waals surface area contributed by atoms with Crippen LogP contribution in [0.4, 0.5) is 11.4 Å². The normalized spacial score (nSPS) is 10.2. The lowest BCUT2D eigenvalue weighted by molar-refractivity contribution is -0.385. The minimum Gasteiger partial charge on any atom is -0.381 e. The fourth-order valence-corrected chi connectivity index (χ4v) is 2.50. The minimum atomic E-state index is -0.390. The topological polar surface area (TPSA) is 55.2 Å². The van der Waals surface area contributed by atoms with Gasteiger partial charge in [-0.05, 0) is 58.5 Å². The van der Waals surface area contributed by atoms with Crippen LogP contribution >= 0.6 is 38.5 Å². The Kier molecular flexibility index (Phi) is 4.76. The molecule has 0 heterocycles. The Hall–Kier alpha value is -1.15. The standard InChI is InChI=1S/C13H10BrIN2O2/c14-10-5-9(6-13(7-10)17(18)19)8-16-12-3-1-11(15)2-4-12/h1-7,16H,8H2. The van der Waals surface area contributed by atoms with Gasteiger partial charge in [0.2, 0.25) is 0 Å². The predicted molar refractivity (Wildman–Crippen MR) is 87.3 cm³/mol. The molecule has 98 valence electrons. The number of hydrogen-bond donors (Lipinski definition) is 1. The van der Waals surface area contributed by atoms with Crippen LogP contribution in [-0.4, -0.2) is 4.92 Å². The largest absolute Gasteiger partial charge is 0.381 e. The molecule has 4 nitrogen and oxygen atoms in total. The number of rotatable bonds is 4. The van der Waals surface area contributed by atoms with Crippen molar-refractivity contribution in [2.75, 3.05) is 5.32 Å². The number of benzene rings is 2. The zero-order valence-corrected chi connectivity index (χ0v) is 13.5. The molecule has 2 rings (SSSR count). The number of hydrogen-bond acceptors (Lipinski definition) is 3. The molecular formula is C13H10BrIN2O2. The molecule has 0 atom stereocenters. The molecule has 0 saturated carbocycles. The smallest absolute Gasteiger partial charge is 0.270 e. The van der Waals surface area contributed by atoms with Gasteiger partial charge in [0, 0.05) is 32.4 Å². The van der Waals surface area contributed by atoms with Crippen LogP contribution in [0, 0.1) is 13.7 Å². The van der Waals surface area contributed by atoms with Gasteiger partial charge in [-0.3, -0.25) is 10.1 Å². The molecular weight excluding hydrogens is 423 g/mol. The molecule has 0 saturated heterocycles. The Morgan fingerprint density at radius 3 is 2.53 bits per heavy atom. The van der Waals surface area contributed by atoms with E-state index in [2.05, 4.69) is 43.8 Å². The van der Waals surface area contributed by atoms with E-state index in [1.807, 2.05) is 30.3 Å². The summed E-state index contributed by atoms with van der Waals surface area (Å²) < 4.78 is 1.88. The maximum Gasteiger partial charge on any atom is 0.270 e. The summed E-state index contributed by atoms with van der Waals surface area (Å²) in [5.41, 5.74) is 1.94. The number of nitrogens with zero attached hydrogens (tertiary/aromatic N) is 1. The second-order valence-corrected chi connectivity index (χ2v) is 6.10. The molecule has 2 aromatic rings. The lowest BCUT2D eigenvalue weighted by atomic mass is 10.2. The molecule has 19 heavy (non-hydrogen) atoms. The zero-order chi connectivity index (χ0) is 13.8. The van der Waals surface area contributed by atoms with E-state index in [1.54, 1.807) is 6.07 Å². The Morgan fingerprint density at radius 1 is 1.21 bits per heavy atom. The maximum atomic E-state index is 10.8. The molecule has 0 bridgehead atoms. The summed E-state index contributed by atoms with van der Waals surface area (Å²) in [5, 5.41) is 14.0. The average molecular weight is 433 g/mol. The van der Waals surface area contributed by atoms with Gasteiger partial charge in [0.05, 0.1) is 4.92 Å². The highest BCUT2D eigenvalue weighted by molar-refractivity contribution is 14.1. The highest BCUT2D eigenvalue weighted by Crippen LogP contribution is 2.22. The summed E-state index contributed by atoms with van der Waals surface area (Å²) in [6, 6.07) is 12.9. The number of non-ortho nitro benzene ring substituents is 1. The molecule has 0 aliphatic rings. The van der Waals surface area contributed by atoms with Crippen LogP contribution in [0.25, 0.3) is 0 Å². The van der Waals surface area contributed by atoms with Crippen molar-refractivity contribution in [3.63, 3.8) is 0 Å². The van der Waals surface area contributed by atoms with Gasteiger partial charge < -0.3 is 5.32 Å². The zero-order valence-electron chi connectivity index (χ0n) is 9.77. The summed E-state index contributed by atoms with van der Waals surface area (Å²) in [4.78, 5) is 10.4. The van der Waals surface area contributed by atoms with Crippen molar-refractivity contribution in [1.82, 2.24) is 0 Å². The summed E-state index contributed by atoms with van der Waals surface area (Å²) in [5.74, 6) is 0. The third-order valence-corrected chi connectivity index (χ3v) is 3.67. The van der Waals surface area contributed by atoms with Gasteiger partial charge in [0.1, 0.15) is 0 Å². The van der Waals surface area contributed by atoms with Gasteiger partial charge in [-0.2, -0.15) is 0 Å². The van der Waals surface area contributed by atoms with Crippen molar-refractivity contribution in [2.24, 2.45) is 0 Å². The maximum absolute atomic E-state index is 10.8. The SMILES string of the molecule is O=[N+]([O-])c1cc(Br)cc(CNc2ccc(I)cc2)c1. The Morgan fingerprint density at radius 2 is 1.89 bits per heavy atom. The molecule has 6 heteroatoms. The van der Waals surface area contributed by atoms with Gasteiger partial charge in [0.15, 0.2) is 0 Å². The van der Waals surface area contributed by atoms with Crippen LogP contribution in [0.15, 0.2) is 46.9 Å². The Labute approximate surface area is 132 Å². The Balaban J connectivity index is 2.11. The van der Waals surface area contributed by atoms with E-state index in [9.17, 15) is 10.1 Å². The predicted octanol–water partition coefficient (Wildman–Crippen LogP) is 4.57. The molecule has 0 spiro atoms. The summed E-state index contributed by atoms with van der Waals surface area (Å²) in [7, 11) is 0. The fourth-order valence-electron chi connectivity index (χ4n) is 1.61. The molecule has 0 fully saturated rings. The van der Waals surface area contributed by atoms with Gasteiger partial charge in [-0.25, -0.2) is 0 Å². The highest BCUT2D eigenvalue weighted by atomic mass is 127. The van der Waals surface area contributed by atoms with Crippen LogP contribution in [0.1, 0.15) is 5.56 Å². The molecule has 0 aliphatic heterocycles. The average Bonchev–Trinajstić information content (AvgIpc) is 2.37. The van der Waals surface area contributed by atoms with Gasteiger partial charge in [0.25, 0.3) is 5.69 Å². The second-order valence-electron chi connectivity index (χ2n) is 3.94. The lowest BCUT2D eigenvalue weighted by Crippen LogP contribution is -2.00. The lowest BCUT2D eigenvalue weighted by Gasteiger charge is -2.07. The van der Waals surface area contributed by atoms with E-state index in [4.69, 9.17) is 0 Å². The molecule has 2 aromatic carbocycles. The first-order valence-corrected chi connectivity index (χ1v) is 7.35. The van der Waals surface area contributed by atoms with Gasteiger partial charge in [-0.1, -0.05) is 15.9 Å². The number of nitro groups is 1. The molecule has 0 radical (unpaired) electrons. The van der Waals surface area contributed by atoms with Gasteiger partial charge in [-0.15, -0.1) is 0 Å². The molecule has 1 N–H and O–H groups in total. The fraction of sp³-hybridized carbons (Fsp3) is 0.0769. The first-order chi connectivity index (χ1) is 9.04. The minimum absolute atomic E-state index is 0.0915. The summed E-state index contributed by atoms with van der Waals surface area (Å²) in [6.45, 7) is 0.543. The number of halogens is 2. The second kappa shape index (κ2) is 6.33. The quantitative estimate of drug-likeness (QED) is 0.437. The van der Waals surface area contributed by atoms with Crippen LogP contribution in [0.5, 0.6) is 0 Å². The van der Waals surface area contributed by atoms with E-state index < -0.39 is 0 Å². The van der Waals surface area contributed by atoms with Gasteiger partial charge >= 0.3 is 0 Å². The first-order valence-electron chi connectivity index (χ1n) is 5.48. The van der Waals surface area contributed by atoms with E-state index in [1.165, 1.54) is 9.64 Å². The van der Waals surface area contributed by atoms with Crippen molar-refractivity contribution in [3.05, 3.63) is 66.2 Å². The number of anilines is 1. The van der Waals surface area contributed by atoms with Crippen LogP contribution < -0.4 is 5.32 Å². The van der Waals surface area contributed by atoms with E-state index >= 15 is 0 Å². The van der Waals surface area contributed by atoms with E-state index in [-0.39, 0.29) is 10.6 Å². The summed E-state index contributed by atoms with van der Waals surface area (Å²) in [6.07, 6.45) is 0. The molecule has 0 unspecified atom stereocenters. The first kappa shape index (κ1) is 14.3. The van der Waals surface area contributed by atoms with Crippen LogP contribution in [-0.2, 0) is 6.54 Å². The third kappa shape index (κ3) is 4.17. The van der Waals surface area contributed by atoms with Crippen molar-refractivity contribution in [2.45, 2.75) is 6.54 Å². The van der Waals surface area contributed by atoms with E-state index in [0.29, 0.717) is 11.0 Å². The van der Waals surface area contributed by atoms with Crippen molar-refractivity contribution in [3.8, 4) is 0 Å². The molecule has 0 amide bonds. The highest BCUT2D eigenvalue weighted by Gasteiger charge is 2.08. The van der Waals surface area contributed by atoms with E-state index in [0.717, 1.165) is 11.3 Å².